The van der Waals surface area contributed by atoms with Gasteiger partial charge in [-0.2, -0.15) is 17.6 Å². The summed E-state index contributed by atoms with van der Waals surface area (Å²) < 4.78 is 77.9. The Bertz CT molecular complexity index is 1660. The van der Waals surface area contributed by atoms with Crippen molar-refractivity contribution in [3.63, 3.8) is 0 Å². The Balaban J connectivity index is 1.11. The molecule has 0 spiro atoms. The van der Waals surface area contributed by atoms with Crippen molar-refractivity contribution >= 4 is 50.2 Å². The van der Waals surface area contributed by atoms with E-state index in [4.69, 9.17) is 24.4 Å². The zero-order valence-electron chi connectivity index (χ0n) is 25.9. The van der Waals surface area contributed by atoms with Gasteiger partial charge < -0.3 is 34.5 Å². The topological polar surface area (TPSA) is 144 Å². The van der Waals surface area contributed by atoms with E-state index in [0.717, 1.165) is 32.3 Å². The van der Waals surface area contributed by atoms with Gasteiger partial charge in [-0.25, -0.2) is 0 Å². The molecule has 0 aliphatic heterocycles. The van der Waals surface area contributed by atoms with E-state index < -0.39 is 62.6 Å². The number of nitrogens with zero attached hydrogens (tertiary/aromatic N) is 1. The molecule has 0 aliphatic rings. The highest BCUT2D eigenvalue weighted by Gasteiger charge is 2.56. The van der Waals surface area contributed by atoms with E-state index in [2.05, 4.69) is 10.1 Å². The number of rotatable bonds is 22. The summed E-state index contributed by atoms with van der Waals surface area (Å²) >= 11 is 0. The van der Waals surface area contributed by atoms with Crippen LogP contribution in [0.25, 0.3) is 32.3 Å². The average Bonchev–Trinajstić information content (AvgIpc) is 3.02. The van der Waals surface area contributed by atoms with Gasteiger partial charge in [0.15, 0.2) is 0 Å². The summed E-state index contributed by atoms with van der Waals surface area (Å²) in [4.78, 5) is 34.6. The van der Waals surface area contributed by atoms with Crippen molar-refractivity contribution < 1.29 is 61.1 Å². The van der Waals surface area contributed by atoms with Crippen molar-refractivity contribution in [3.8, 4) is 0 Å². The molecule has 0 radical (unpaired) electrons. The van der Waals surface area contributed by atoms with Gasteiger partial charge in [0, 0.05) is 13.1 Å². The molecule has 0 fully saturated rings. The standard InChI is InChI=1S/C33H36F4N2O9/c34-32(35,20-47-18-25-7-6-24-5-4-22-2-1-3-23-8-9-26(25)31(24)30(22)23)33(36,37)21-48-19-27(40)38-10-12-45-14-15-46-13-11-39(16-28(41)42)17-29(43)44/h1-9H,10-21H2,(H,38,40)(H,41,42)(H,43,44). The molecular weight excluding hydrogens is 644 g/mol. The molecule has 0 saturated carbocycles. The van der Waals surface area contributed by atoms with Gasteiger partial charge in [-0.3, -0.25) is 19.3 Å². The lowest BCUT2D eigenvalue weighted by Gasteiger charge is -2.26. The summed E-state index contributed by atoms with van der Waals surface area (Å²) in [5, 5.41) is 25.7. The monoisotopic (exact) mass is 680 g/mol. The molecule has 0 heterocycles. The lowest BCUT2D eigenvalue weighted by molar-refractivity contribution is -0.252. The Morgan fingerprint density at radius 3 is 1.90 bits per heavy atom. The number of halogens is 4. The predicted octanol–water partition coefficient (Wildman–Crippen LogP) is 4.01. The maximum Gasteiger partial charge on any atom is 0.335 e. The lowest BCUT2D eigenvalue weighted by atomic mass is 9.92. The first-order valence-electron chi connectivity index (χ1n) is 15.0. The number of aliphatic carboxylic acids is 2. The number of carbonyl (C=O) groups excluding carboxylic acids is 1. The fourth-order valence-corrected chi connectivity index (χ4v) is 5.12. The van der Waals surface area contributed by atoms with E-state index in [1.54, 1.807) is 6.07 Å². The second-order valence-corrected chi connectivity index (χ2v) is 11.0. The van der Waals surface area contributed by atoms with E-state index in [0.29, 0.717) is 5.56 Å². The van der Waals surface area contributed by atoms with Crippen molar-refractivity contribution in [1.29, 1.82) is 0 Å². The fraction of sp³-hybridized carbons (Fsp3) is 0.424. The predicted molar refractivity (Wildman–Crippen MR) is 167 cm³/mol. The highest BCUT2D eigenvalue weighted by Crippen LogP contribution is 2.37. The van der Waals surface area contributed by atoms with Crippen LogP contribution in [0.1, 0.15) is 5.56 Å². The number of ether oxygens (including phenoxy) is 4. The Kier molecular flexibility index (Phi) is 12.8. The third-order valence-electron chi connectivity index (χ3n) is 7.42. The van der Waals surface area contributed by atoms with Crippen LogP contribution >= 0.6 is 0 Å². The van der Waals surface area contributed by atoms with Gasteiger partial charge in [0.1, 0.15) is 19.8 Å². The molecule has 4 aromatic rings. The van der Waals surface area contributed by atoms with E-state index in [1.165, 1.54) is 4.90 Å². The highest BCUT2D eigenvalue weighted by molar-refractivity contribution is 6.23. The minimum Gasteiger partial charge on any atom is -0.480 e. The molecule has 0 atom stereocenters. The van der Waals surface area contributed by atoms with Crippen LogP contribution in [0.4, 0.5) is 17.6 Å². The van der Waals surface area contributed by atoms with Gasteiger partial charge in [0.05, 0.1) is 46.1 Å². The number of benzene rings is 4. The molecule has 0 aliphatic carbocycles. The molecule has 0 aromatic heterocycles. The number of alkyl halides is 4. The van der Waals surface area contributed by atoms with Gasteiger partial charge in [0.25, 0.3) is 0 Å². The number of carbonyl (C=O) groups is 3. The number of carboxylic acid groups (broad SMARTS) is 2. The van der Waals surface area contributed by atoms with Crippen LogP contribution in [0, 0.1) is 0 Å². The maximum absolute atomic E-state index is 14.5. The number of carboxylic acids is 2. The summed E-state index contributed by atoms with van der Waals surface area (Å²) in [5.41, 5.74) is 0.585. The molecule has 48 heavy (non-hydrogen) atoms. The third kappa shape index (κ3) is 9.93. The molecule has 15 heteroatoms. The van der Waals surface area contributed by atoms with Gasteiger partial charge in [-0.05, 0) is 37.9 Å². The van der Waals surface area contributed by atoms with Crippen molar-refractivity contribution in [2.24, 2.45) is 0 Å². The average molecular weight is 681 g/mol. The minimum absolute atomic E-state index is 0.0172. The van der Waals surface area contributed by atoms with Crippen molar-refractivity contribution in [1.82, 2.24) is 10.2 Å². The van der Waals surface area contributed by atoms with Gasteiger partial charge in [-0.1, -0.05) is 54.6 Å². The van der Waals surface area contributed by atoms with Crippen molar-refractivity contribution in [3.05, 3.63) is 60.2 Å². The minimum atomic E-state index is -4.60. The Morgan fingerprint density at radius 2 is 1.25 bits per heavy atom. The van der Waals surface area contributed by atoms with Crippen LogP contribution in [0.3, 0.4) is 0 Å². The van der Waals surface area contributed by atoms with Gasteiger partial charge >= 0.3 is 23.8 Å². The summed E-state index contributed by atoms with van der Waals surface area (Å²) in [6.07, 6.45) is 0. The van der Waals surface area contributed by atoms with E-state index in [-0.39, 0.29) is 46.1 Å². The summed E-state index contributed by atoms with van der Waals surface area (Å²) in [7, 11) is 0. The fourth-order valence-electron chi connectivity index (χ4n) is 5.12. The largest absolute Gasteiger partial charge is 0.480 e. The maximum atomic E-state index is 14.5. The van der Waals surface area contributed by atoms with Crippen molar-refractivity contribution in [2.45, 2.75) is 18.5 Å². The summed E-state index contributed by atoms with van der Waals surface area (Å²) in [6.45, 7) is -4.97. The smallest absolute Gasteiger partial charge is 0.335 e. The summed E-state index contributed by atoms with van der Waals surface area (Å²) in [5.74, 6) is -12.3. The lowest BCUT2D eigenvalue weighted by Crippen LogP contribution is -2.48. The molecule has 0 unspecified atom stereocenters. The second-order valence-electron chi connectivity index (χ2n) is 11.0. The van der Waals surface area contributed by atoms with E-state index >= 15 is 0 Å². The van der Waals surface area contributed by atoms with Crippen LogP contribution in [0.5, 0.6) is 0 Å². The molecule has 4 rings (SSSR count). The summed E-state index contributed by atoms with van der Waals surface area (Å²) in [6, 6.07) is 17.2. The second kappa shape index (κ2) is 16.8. The number of amides is 1. The number of hydrogen-bond acceptors (Lipinski definition) is 8. The van der Waals surface area contributed by atoms with E-state index in [1.807, 2.05) is 48.5 Å². The third-order valence-corrected chi connectivity index (χ3v) is 7.42. The Labute approximate surface area is 272 Å². The molecule has 260 valence electrons. The molecule has 4 aromatic carbocycles. The first kappa shape index (κ1) is 36.7. The van der Waals surface area contributed by atoms with Gasteiger partial charge in [-0.15, -0.1) is 0 Å². The Morgan fingerprint density at radius 1 is 0.688 bits per heavy atom. The zero-order chi connectivity index (χ0) is 34.7. The molecule has 0 saturated heterocycles. The van der Waals surface area contributed by atoms with Crippen LogP contribution in [-0.2, 0) is 39.9 Å². The van der Waals surface area contributed by atoms with Crippen LogP contribution < -0.4 is 5.32 Å². The van der Waals surface area contributed by atoms with E-state index in [9.17, 15) is 31.9 Å². The zero-order valence-corrected chi connectivity index (χ0v) is 25.9. The Hall–Kier alpha value is -4.15. The van der Waals surface area contributed by atoms with Crippen LogP contribution in [0.2, 0.25) is 0 Å². The molecular formula is C33H36F4N2O9. The number of nitrogens with one attached hydrogen (secondary N) is 1. The SMILES string of the molecule is O=C(O)CN(CCOCCOCCNC(=O)COCC(F)(F)C(F)(F)COCc1ccc2ccc3cccc4ccc1c2c34)CC(=O)O. The van der Waals surface area contributed by atoms with Crippen LogP contribution in [0.15, 0.2) is 54.6 Å². The molecule has 1 amide bonds. The molecule has 11 nitrogen and oxygen atoms in total. The van der Waals surface area contributed by atoms with Crippen LogP contribution in [-0.4, -0.2) is 117 Å². The quantitative estimate of drug-likeness (QED) is 0.0633. The molecule has 3 N–H and O–H groups in total. The van der Waals surface area contributed by atoms with Gasteiger partial charge in [0.2, 0.25) is 5.91 Å². The first-order valence-corrected chi connectivity index (χ1v) is 15.0. The number of hydrogen-bond donors (Lipinski definition) is 3. The molecule has 0 bridgehead atoms. The van der Waals surface area contributed by atoms with Crippen molar-refractivity contribution in [2.75, 3.05) is 72.4 Å². The highest BCUT2D eigenvalue weighted by atomic mass is 19.3. The first-order chi connectivity index (χ1) is 22.9. The normalized spacial score (nSPS) is 12.4.